The Labute approximate surface area is 101 Å². The van der Waals surface area contributed by atoms with Gasteiger partial charge in [-0.2, -0.15) is 0 Å². The van der Waals surface area contributed by atoms with Gasteiger partial charge in [-0.3, -0.25) is 4.79 Å². The lowest BCUT2D eigenvalue weighted by Crippen LogP contribution is -2.39. The summed E-state index contributed by atoms with van der Waals surface area (Å²) in [6, 6.07) is 8.83. The van der Waals surface area contributed by atoms with Crippen LogP contribution in [0.25, 0.3) is 0 Å². The van der Waals surface area contributed by atoms with Crippen LogP contribution < -0.4 is 0 Å². The van der Waals surface area contributed by atoms with Gasteiger partial charge in [-0.15, -0.1) is 0 Å². The minimum absolute atomic E-state index is 0.0132. The highest BCUT2D eigenvalue weighted by Crippen LogP contribution is 2.33. The van der Waals surface area contributed by atoms with Crippen molar-refractivity contribution in [3.63, 3.8) is 0 Å². The summed E-state index contributed by atoms with van der Waals surface area (Å²) >= 11 is 0. The van der Waals surface area contributed by atoms with Crippen LogP contribution in [0, 0.1) is 0 Å². The normalized spacial score (nSPS) is 16.2. The number of carboxylic acids is 1. The molecule has 1 aromatic rings. The van der Waals surface area contributed by atoms with E-state index < -0.39 is 24.1 Å². The fourth-order valence-corrected chi connectivity index (χ4v) is 2.05. The van der Waals surface area contributed by atoms with E-state index in [0.717, 1.165) is 0 Å². The summed E-state index contributed by atoms with van der Waals surface area (Å²) in [7, 11) is 0. The Kier molecular flexibility index (Phi) is 4.66. The van der Waals surface area contributed by atoms with Crippen LogP contribution in [-0.4, -0.2) is 34.0 Å². The minimum Gasteiger partial charge on any atom is -0.481 e. The molecule has 94 valence electrons. The van der Waals surface area contributed by atoms with Crippen LogP contribution >= 0.6 is 0 Å². The van der Waals surface area contributed by atoms with Gasteiger partial charge in [0.1, 0.15) is 0 Å². The molecule has 1 aromatic carbocycles. The van der Waals surface area contributed by atoms with E-state index in [-0.39, 0.29) is 6.42 Å². The minimum atomic E-state index is -1.14. The molecule has 0 radical (unpaired) electrons. The highest BCUT2D eigenvalue weighted by molar-refractivity contribution is 5.81. The summed E-state index contributed by atoms with van der Waals surface area (Å²) in [6.45, 7) is 1.34. The zero-order valence-corrected chi connectivity index (χ0v) is 9.84. The van der Waals surface area contributed by atoms with Crippen LogP contribution in [0.2, 0.25) is 0 Å². The Morgan fingerprint density at radius 2 is 1.94 bits per heavy atom. The summed E-state index contributed by atoms with van der Waals surface area (Å²) in [6.07, 6.45) is -0.644. The van der Waals surface area contributed by atoms with Gasteiger partial charge >= 0.3 is 5.97 Å². The van der Waals surface area contributed by atoms with Crippen LogP contribution in [0.1, 0.15) is 25.3 Å². The van der Waals surface area contributed by atoms with Gasteiger partial charge in [0, 0.05) is 0 Å². The smallest absolute Gasteiger partial charge is 0.314 e. The number of rotatable bonds is 6. The Balaban J connectivity index is 3.14. The zero-order chi connectivity index (χ0) is 12.9. The highest BCUT2D eigenvalue weighted by atomic mass is 16.4. The van der Waals surface area contributed by atoms with Gasteiger partial charge in [0.05, 0.1) is 18.1 Å². The molecule has 0 aromatic heterocycles. The third-order valence-corrected chi connectivity index (χ3v) is 3.13. The molecule has 2 unspecified atom stereocenters. The molecule has 2 atom stereocenters. The van der Waals surface area contributed by atoms with Crippen molar-refractivity contribution in [2.24, 2.45) is 0 Å². The third kappa shape index (κ3) is 2.84. The predicted molar refractivity (Wildman–Crippen MR) is 63.8 cm³/mol. The highest BCUT2D eigenvalue weighted by Gasteiger charge is 2.40. The summed E-state index contributed by atoms with van der Waals surface area (Å²) < 4.78 is 0. The molecule has 4 nitrogen and oxygen atoms in total. The van der Waals surface area contributed by atoms with E-state index >= 15 is 0 Å². The molecule has 0 heterocycles. The van der Waals surface area contributed by atoms with Crippen molar-refractivity contribution in [2.45, 2.75) is 31.3 Å². The van der Waals surface area contributed by atoms with Crippen molar-refractivity contribution in [3.05, 3.63) is 35.9 Å². The lowest BCUT2D eigenvalue weighted by atomic mass is 9.74. The number of aliphatic hydroxyl groups is 2. The number of carboxylic acid groups (broad SMARTS) is 1. The molecule has 0 saturated carbocycles. The largest absolute Gasteiger partial charge is 0.481 e. The number of hydrogen-bond acceptors (Lipinski definition) is 3. The average molecular weight is 238 g/mol. The first-order valence-electron chi connectivity index (χ1n) is 5.64. The van der Waals surface area contributed by atoms with Gasteiger partial charge < -0.3 is 15.3 Å². The molecule has 0 bridgehead atoms. The van der Waals surface area contributed by atoms with E-state index in [4.69, 9.17) is 5.11 Å². The quantitative estimate of drug-likeness (QED) is 0.695. The van der Waals surface area contributed by atoms with Gasteiger partial charge in [0.15, 0.2) is 0 Å². The van der Waals surface area contributed by atoms with Gasteiger partial charge in [0.2, 0.25) is 0 Å². The predicted octanol–water partition coefficient (Wildman–Crippen LogP) is 1.16. The Bertz CT molecular complexity index is 363. The van der Waals surface area contributed by atoms with Gasteiger partial charge in [-0.25, -0.2) is 0 Å². The number of aliphatic hydroxyl groups excluding tert-OH is 2. The fraction of sp³-hybridized carbons (Fsp3) is 0.462. The van der Waals surface area contributed by atoms with Gasteiger partial charge in [0.25, 0.3) is 0 Å². The van der Waals surface area contributed by atoms with E-state index in [1.54, 1.807) is 31.2 Å². The Hall–Kier alpha value is -1.39. The standard InChI is InChI=1S/C13H18O4/c1-2-13(12(16)17,8-11(15)9-14)10-6-4-3-5-7-10/h3-7,11,14-15H,2,8-9H2,1H3,(H,16,17). The molecular weight excluding hydrogens is 220 g/mol. The Morgan fingerprint density at radius 1 is 1.35 bits per heavy atom. The fourth-order valence-electron chi connectivity index (χ4n) is 2.05. The van der Waals surface area contributed by atoms with Gasteiger partial charge in [-0.1, -0.05) is 37.3 Å². The SMILES string of the molecule is CCC(CC(O)CO)(C(=O)O)c1ccccc1. The molecule has 3 N–H and O–H groups in total. The number of aliphatic carboxylic acids is 1. The number of carbonyl (C=O) groups is 1. The van der Waals surface area contributed by atoms with Crippen molar-refractivity contribution in [1.82, 2.24) is 0 Å². The maximum absolute atomic E-state index is 11.5. The van der Waals surface area contributed by atoms with E-state index in [2.05, 4.69) is 0 Å². The molecule has 4 heteroatoms. The van der Waals surface area contributed by atoms with Crippen LogP contribution in [-0.2, 0) is 10.2 Å². The van der Waals surface area contributed by atoms with Crippen LogP contribution in [0.3, 0.4) is 0 Å². The van der Waals surface area contributed by atoms with Gasteiger partial charge in [-0.05, 0) is 18.4 Å². The summed E-state index contributed by atoms with van der Waals surface area (Å²) in [5.41, 5.74) is -0.480. The first-order chi connectivity index (χ1) is 8.06. The molecule has 0 fully saturated rings. The molecule has 0 aliphatic heterocycles. The lowest BCUT2D eigenvalue weighted by Gasteiger charge is -2.30. The molecule has 0 aliphatic rings. The van der Waals surface area contributed by atoms with Crippen molar-refractivity contribution in [3.8, 4) is 0 Å². The number of benzene rings is 1. The van der Waals surface area contributed by atoms with E-state index in [9.17, 15) is 15.0 Å². The molecule has 0 aliphatic carbocycles. The molecular formula is C13H18O4. The zero-order valence-electron chi connectivity index (χ0n) is 9.84. The second kappa shape index (κ2) is 5.80. The molecule has 17 heavy (non-hydrogen) atoms. The van der Waals surface area contributed by atoms with E-state index in [0.29, 0.717) is 12.0 Å². The second-order valence-corrected chi connectivity index (χ2v) is 4.15. The van der Waals surface area contributed by atoms with Crippen molar-refractivity contribution < 1.29 is 20.1 Å². The average Bonchev–Trinajstić information content (AvgIpc) is 2.36. The molecule has 0 saturated heterocycles. The van der Waals surface area contributed by atoms with Crippen LogP contribution in [0.4, 0.5) is 0 Å². The van der Waals surface area contributed by atoms with Crippen molar-refractivity contribution in [2.75, 3.05) is 6.61 Å². The molecule has 0 amide bonds. The summed E-state index contributed by atoms with van der Waals surface area (Å²) in [4.78, 5) is 11.5. The van der Waals surface area contributed by atoms with Crippen LogP contribution in [0.15, 0.2) is 30.3 Å². The topological polar surface area (TPSA) is 77.8 Å². The first kappa shape index (κ1) is 13.7. The summed E-state index contributed by atoms with van der Waals surface area (Å²) in [5, 5.41) is 27.8. The first-order valence-corrected chi connectivity index (χ1v) is 5.64. The summed E-state index contributed by atoms with van der Waals surface area (Å²) in [5.74, 6) is -0.973. The third-order valence-electron chi connectivity index (χ3n) is 3.13. The Morgan fingerprint density at radius 3 is 2.35 bits per heavy atom. The monoisotopic (exact) mass is 238 g/mol. The van der Waals surface area contributed by atoms with Crippen molar-refractivity contribution >= 4 is 5.97 Å². The van der Waals surface area contributed by atoms with E-state index in [1.165, 1.54) is 0 Å². The van der Waals surface area contributed by atoms with Crippen molar-refractivity contribution in [1.29, 1.82) is 0 Å². The lowest BCUT2D eigenvalue weighted by molar-refractivity contribution is -0.145. The molecule has 1 rings (SSSR count). The maximum Gasteiger partial charge on any atom is 0.314 e. The second-order valence-electron chi connectivity index (χ2n) is 4.15. The van der Waals surface area contributed by atoms with E-state index in [1.807, 2.05) is 6.07 Å². The van der Waals surface area contributed by atoms with Crippen LogP contribution in [0.5, 0.6) is 0 Å². The molecule has 0 spiro atoms. The maximum atomic E-state index is 11.5. The number of hydrogen-bond donors (Lipinski definition) is 3.